The lowest BCUT2D eigenvalue weighted by Gasteiger charge is -2.26. The van der Waals surface area contributed by atoms with Gasteiger partial charge in [0.05, 0.1) is 16.3 Å². The van der Waals surface area contributed by atoms with E-state index in [0.29, 0.717) is 16.5 Å². The lowest BCUT2D eigenvalue weighted by Crippen LogP contribution is -2.24. The Kier molecular flexibility index (Phi) is 6.34. The summed E-state index contributed by atoms with van der Waals surface area (Å²) in [5.74, 6) is 0.769. The third-order valence-corrected chi connectivity index (χ3v) is 5.40. The summed E-state index contributed by atoms with van der Waals surface area (Å²) in [6.07, 6.45) is 1.97. The van der Waals surface area contributed by atoms with Crippen molar-refractivity contribution < 1.29 is 8.42 Å². The number of benzene rings is 1. The molecular weight excluding hydrogens is 294 g/mol. The van der Waals surface area contributed by atoms with Crippen LogP contribution in [0.2, 0.25) is 0 Å². The van der Waals surface area contributed by atoms with Crippen molar-refractivity contribution in [3.63, 3.8) is 0 Å². The molecule has 0 amide bonds. The molecule has 0 radical (unpaired) electrons. The standard InChI is InChI=1S/C15H24ClNO2S/c1-4-20(18,19)14-9-6-5-8-13(14)17-12-15(2,3)10-7-11-16/h5-6,8-9,17H,4,7,10-12H2,1-3H3. The highest BCUT2D eigenvalue weighted by molar-refractivity contribution is 7.91. The zero-order valence-electron chi connectivity index (χ0n) is 12.4. The van der Waals surface area contributed by atoms with E-state index in [1.54, 1.807) is 19.1 Å². The molecule has 0 heterocycles. The highest BCUT2D eigenvalue weighted by Crippen LogP contribution is 2.26. The number of nitrogens with one attached hydrogen (secondary N) is 1. The van der Waals surface area contributed by atoms with Crippen LogP contribution in [0.4, 0.5) is 5.69 Å². The van der Waals surface area contributed by atoms with Gasteiger partial charge in [-0.2, -0.15) is 0 Å². The van der Waals surface area contributed by atoms with E-state index in [0.717, 1.165) is 19.4 Å². The molecule has 5 heteroatoms. The van der Waals surface area contributed by atoms with Crippen LogP contribution in [0.25, 0.3) is 0 Å². The van der Waals surface area contributed by atoms with Crippen LogP contribution in [-0.2, 0) is 9.84 Å². The second kappa shape index (κ2) is 7.32. The third-order valence-electron chi connectivity index (χ3n) is 3.35. The molecular formula is C15H24ClNO2S. The summed E-state index contributed by atoms with van der Waals surface area (Å²) in [6, 6.07) is 7.09. The van der Waals surface area contributed by atoms with E-state index in [4.69, 9.17) is 11.6 Å². The Hall–Kier alpha value is -0.740. The Labute approximate surface area is 127 Å². The monoisotopic (exact) mass is 317 g/mol. The van der Waals surface area contributed by atoms with E-state index in [-0.39, 0.29) is 11.2 Å². The van der Waals surface area contributed by atoms with Crippen LogP contribution in [0.5, 0.6) is 0 Å². The summed E-state index contributed by atoms with van der Waals surface area (Å²) in [5, 5.41) is 3.28. The molecule has 0 spiro atoms. The maximum atomic E-state index is 12.1. The van der Waals surface area contributed by atoms with E-state index in [2.05, 4.69) is 19.2 Å². The number of anilines is 1. The number of halogens is 1. The summed E-state index contributed by atoms with van der Waals surface area (Å²) < 4.78 is 24.1. The Morgan fingerprint density at radius 2 is 1.90 bits per heavy atom. The maximum Gasteiger partial charge on any atom is 0.180 e. The molecule has 0 atom stereocenters. The molecule has 0 aliphatic heterocycles. The fraction of sp³-hybridized carbons (Fsp3) is 0.600. The van der Waals surface area contributed by atoms with E-state index >= 15 is 0 Å². The number of rotatable bonds is 8. The predicted molar refractivity (Wildman–Crippen MR) is 86.4 cm³/mol. The van der Waals surface area contributed by atoms with Gasteiger partial charge in [-0.3, -0.25) is 0 Å². The average molecular weight is 318 g/mol. The van der Waals surface area contributed by atoms with Crippen molar-refractivity contribution in [2.45, 2.75) is 38.5 Å². The van der Waals surface area contributed by atoms with Crippen LogP contribution >= 0.6 is 11.6 Å². The highest BCUT2D eigenvalue weighted by atomic mass is 35.5. The van der Waals surface area contributed by atoms with Crippen LogP contribution in [0.1, 0.15) is 33.6 Å². The molecule has 1 aromatic carbocycles. The molecule has 0 unspecified atom stereocenters. The van der Waals surface area contributed by atoms with Gasteiger partial charge < -0.3 is 5.32 Å². The third kappa shape index (κ3) is 4.98. The molecule has 114 valence electrons. The van der Waals surface area contributed by atoms with Crippen LogP contribution in [0.15, 0.2) is 29.2 Å². The lowest BCUT2D eigenvalue weighted by molar-refractivity contribution is 0.355. The Morgan fingerprint density at radius 1 is 1.25 bits per heavy atom. The van der Waals surface area contributed by atoms with Crippen molar-refractivity contribution in [3.8, 4) is 0 Å². The van der Waals surface area contributed by atoms with E-state index in [1.165, 1.54) is 0 Å². The van der Waals surface area contributed by atoms with E-state index in [9.17, 15) is 8.42 Å². The quantitative estimate of drug-likeness (QED) is 0.739. The fourth-order valence-electron chi connectivity index (χ4n) is 2.01. The Morgan fingerprint density at radius 3 is 2.50 bits per heavy atom. The minimum absolute atomic E-state index is 0.0813. The second-order valence-electron chi connectivity index (χ2n) is 5.71. The van der Waals surface area contributed by atoms with Crippen molar-refractivity contribution >= 4 is 27.1 Å². The van der Waals surface area contributed by atoms with Crippen molar-refractivity contribution in [1.29, 1.82) is 0 Å². The van der Waals surface area contributed by atoms with E-state index < -0.39 is 9.84 Å². The minimum atomic E-state index is -3.20. The van der Waals surface area contributed by atoms with Crippen LogP contribution in [0, 0.1) is 5.41 Å². The molecule has 20 heavy (non-hydrogen) atoms. The molecule has 0 saturated heterocycles. The number of para-hydroxylation sites is 1. The summed E-state index contributed by atoms with van der Waals surface area (Å²) >= 11 is 5.73. The molecule has 0 aliphatic rings. The Bertz CT molecular complexity index is 526. The van der Waals surface area contributed by atoms with Crippen molar-refractivity contribution in [2.75, 3.05) is 23.5 Å². The molecule has 0 saturated carbocycles. The summed E-state index contributed by atoms with van der Waals surface area (Å²) in [6.45, 7) is 6.70. The maximum absolute atomic E-state index is 12.1. The minimum Gasteiger partial charge on any atom is -0.383 e. The first-order valence-electron chi connectivity index (χ1n) is 6.94. The number of hydrogen-bond acceptors (Lipinski definition) is 3. The van der Waals surface area contributed by atoms with Crippen LogP contribution < -0.4 is 5.32 Å². The summed E-state index contributed by atoms with van der Waals surface area (Å²) in [7, 11) is -3.20. The van der Waals surface area contributed by atoms with Gasteiger partial charge in [0.2, 0.25) is 0 Å². The van der Waals surface area contributed by atoms with Gasteiger partial charge in [0, 0.05) is 12.4 Å². The van der Waals surface area contributed by atoms with Gasteiger partial charge in [0.25, 0.3) is 0 Å². The fourth-order valence-corrected chi connectivity index (χ4v) is 3.21. The van der Waals surface area contributed by atoms with Gasteiger partial charge in [-0.05, 0) is 30.4 Å². The van der Waals surface area contributed by atoms with Crippen molar-refractivity contribution in [3.05, 3.63) is 24.3 Å². The largest absolute Gasteiger partial charge is 0.383 e. The van der Waals surface area contributed by atoms with Crippen LogP contribution in [0.3, 0.4) is 0 Å². The van der Waals surface area contributed by atoms with Gasteiger partial charge in [0.15, 0.2) is 9.84 Å². The molecule has 0 aliphatic carbocycles. The first-order valence-corrected chi connectivity index (χ1v) is 9.13. The summed E-state index contributed by atoms with van der Waals surface area (Å²) in [5.41, 5.74) is 0.770. The lowest BCUT2D eigenvalue weighted by atomic mass is 9.88. The number of hydrogen-bond donors (Lipinski definition) is 1. The number of alkyl halides is 1. The van der Waals surface area contributed by atoms with Gasteiger partial charge in [-0.15, -0.1) is 11.6 Å². The van der Waals surface area contributed by atoms with E-state index in [1.807, 2.05) is 12.1 Å². The molecule has 0 aromatic heterocycles. The van der Waals surface area contributed by atoms with Gasteiger partial charge in [-0.1, -0.05) is 32.9 Å². The summed E-state index contributed by atoms with van der Waals surface area (Å²) in [4.78, 5) is 0.385. The first kappa shape index (κ1) is 17.3. The predicted octanol–water partition coefficient (Wildman–Crippen LogP) is 3.94. The van der Waals surface area contributed by atoms with Crippen molar-refractivity contribution in [2.24, 2.45) is 5.41 Å². The first-order chi connectivity index (χ1) is 9.32. The van der Waals surface area contributed by atoms with Gasteiger partial charge >= 0.3 is 0 Å². The number of sulfone groups is 1. The molecule has 1 rings (SSSR count). The van der Waals surface area contributed by atoms with Crippen molar-refractivity contribution in [1.82, 2.24) is 0 Å². The molecule has 3 nitrogen and oxygen atoms in total. The zero-order chi connectivity index (χ0) is 15.2. The zero-order valence-corrected chi connectivity index (χ0v) is 14.0. The van der Waals surface area contributed by atoms with Gasteiger partial charge in [0.1, 0.15) is 0 Å². The smallest absolute Gasteiger partial charge is 0.180 e. The Balaban J connectivity index is 2.84. The van der Waals surface area contributed by atoms with Gasteiger partial charge in [-0.25, -0.2) is 8.42 Å². The molecule has 0 bridgehead atoms. The molecule has 1 N–H and O–H groups in total. The molecule has 0 fully saturated rings. The molecule has 1 aromatic rings. The normalized spacial score (nSPS) is 12.4. The SMILES string of the molecule is CCS(=O)(=O)c1ccccc1NCC(C)(C)CCCCl. The van der Waals surface area contributed by atoms with Crippen LogP contribution in [-0.4, -0.2) is 26.6 Å². The average Bonchev–Trinajstić information content (AvgIpc) is 2.43. The second-order valence-corrected chi connectivity index (χ2v) is 8.33. The topological polar surface area (TPSA) is 46.2 Å². The highest BCUT2D eigenvalue weighted by Gasteiger charge is 2.20.